The molecule has 0 unspecified atom stereocenters. The third-order valence-corrected chi connectivity index (χ3v) is 8.85. The maximum atomic E-state index is 13.0. The number of allylic oxidation sites excluding steroid dienone is 1. The van der Waals surface area contributed by atoms with E-state index < -0.39 is 10.8 Å². The molecule has 0 spiro atoms. The maximum absolute atomic E-state index is 13.0. The molecule has 0 radical (unpaired) electrons. The Morgan fingerprint density at radius 1 is 1.39 bits per heavy atom. The summed E-state index contributed by atoms with van der Waals surface area (Å²) < 4.78 is 18.5. The number of aliphatic hydroxyl groups is 2. The van der Waals surface area contributed by atoms with Crippen molar-refractivity contribution in [2.75, 3.05) is 19.5 Å². The van der Waals surface area contributed by atoms with E-state index in [9.17, 15) is 14.4 Å². The van der Waals surface area contributed by atoms with E-state index in [0.717, 1.165) is 37.0 Å². The highest BCUT2D eigenvalue weighted by molar-refractivity contribution is 7.89. The zero-order valence-corrected chi connectivity index (χ0v) is 15.3. The van der Waals surface area contributed by atoms with Crippen LogP contribution < -0.4 is 0 Å². The summed E-state index contributed by atoms with van der Waals surface area (Å²) in [4.78, 5) is 0.939. The molecule has 2 N–H and O–H groups in total. The summed E-state index contributed by atoms with van der Waals surface area (Å²) in [6.07, 6.45) is 6.04. The van der Waals surface area contributed by atoms with E-state index in [1.165, 1.54) is 0 Å². The van der Waals surface area contributed by atoms with Crippen molar-refractivity contribution in [3.8, 4) is 0 Å². The number of methoxy groups -OCH3 is 1. The summed E-state index contributed by atoms with van der Waals surface area (Å²) in [5.41, 5.74) is -0.147. The number of hydrogen-bond donors (Lipinski definition) is 2. The second-order valence-corrected chi connectivity index (χ2v) is 9.67. The minimum Gasteiger partial charge on any atom is -0.396 e. The van der Waals surface area contributed by atoms with Crippen molar-refractivity contribution in [2.45, 2.75) is 58.2 Å². The van der Waals surface area contributed by atoms with Gasteiger partial charge in [0.15, 0.2) is 0 Å². The van der Waals surface area contributed by atoms with E-state index in [2.05, 4.69) is 13.8 Å². The second kappa shape index (κ2) is 6.25. The Morgan fingerprint density at radius 3 is 2.65 bits per heavy atom. The van der Waals surface area contributed by atoms with Gasteiger partial charge in [-0.3, -0.25) is 4.21 Å². The van der Waals surface area contributed by atoms with Crippen LogP contribution in [-0.4, -0.2) is 46.1 Å². The molecule has 0 aliphatic heterocycles. The van der Waals surface area contributed by atoms with E-state index in [4.69, 9.17) is 4.74 Å². The lowest BCUT2D eigenvalue weighted by atomic mass is 9.70. The molecule has 0 aromatic carbocycles. The fourth-order valence-corrected chi connectivity index (χ4v) is 7.24. The van der Waals surface area contributed by atoms with Crippen LogP contribution in [-0.2, 0) is 15.5 Å². The largest absolute Gasteiger partial charge is 0.396 e. The second-order valence-electron chi connectivity index (χ2n) is 8.17. The van der Waals surface area contributed by atoms with Crippen LogP contribution in [0.25, 0.3) is 0 Å². The monoisotopic (exact) mass is 342 g/mol. The van der Waals surface area contributed by atoms with Gasteiger partial charge in [0, 0.05) is 46.5 Å². The zero-order chi connectivity index (χ0) is 16.8. The molecule has 0 aromatic heterocycles. The summed E-state index contributed by atoms with van der Waals surface area (Å²) in [7, 11) is 0.563. The van der Waals surface area contributed by atoms with Gasteiger partial charge in [0.1, 0.15) is 0 Å². The molecule has 2 bridgehead atoms. The van der Waals surface area contributed by atoms with Crippen molar-refractivity contribution in [1.82, 2.24) is 0 Å². The lowest BCUT2D eigenvalue weighted by Crippen LogP contribution is -2.43. The fourth-order valence-electron chi connectivity index (χ4n) is 5.25. The maximum Gasteiger partial charge on any atom is 0.0813 e. The first-order valence-electron chi connectivity index (χ1n) is 8.76. The quantitative estimate of drug-likeness (QED) is 0.804. The van der Waals surface area contributed by atoms with Crippen LogP contribution in [0.1, 0.15) is 46.0 Å². The van der Waals surface area contributed by atoms with E-state index in [0.29, 0.717) is 11.7 Å². The smallest absolute Gasteiger partial charge is 0.0813 e. The van der Waals surface area contributed by atoms with Crippen molar-refractivity contribution in [2.24, 2.45) is 22.7 Å². The predicted molar refractivity (Wildman–Crippen MR) is 91.3 cm³/mol. The molecular formula is C18H30O4S. The minimum absolute atomic E-state index is 0.0611. The highest BCUT2D eigenvalue weighted by atomic mass is 32.2. The molecule has 6 atom stereocenters. The number of ether oxygens (including phenoxy) is 1. The first kappa shape index (κ1) is 17.6. The summed E-state index contributed by atoms with van der Waals surface area (Å²) in [5, 5.41) is 20.0. The first-order valence-corrected chi connectivity index (χ1v) is 10.1. The van der Waals surface area contributed by atoms with E-state index in [1.807, 2.05) is 6.08 Å². The van der Waals surface area contributed by atoms with Crippen LogP contribution in [0.3, 0.4) is 0 Å². The van der Waals surface area contributed by atoms with Gasteiger partial charge in [-0.1, -0.05) is 13.8 Å². The van der Waals surface area contributed by atoms with Crippen LogP contribution in [0.4, 0.5) is 0 Å². The average Bonchev–Trinajstić information content (AvgIpc) is 2.88. The van der Waals surface area contributed by atoms with Crippen molar-refractivity contribution >= 4 is 10.8 Å². The topological polar surface area (TPSA) is 66.8 Å². The van der Waals surface area contributed by atoms with Crippen LogP contribution in [0, 0.1) is 22.7 Å². The van der Waals surface area contributed by atoms with Crippen molar-refractivity contribution in [3.05, 3.63) is 11.0 Å². The summed E-state index contributed by atoms with van der Waals surface area (Å²) in [5.74, 6) is 1.22. The first-order chi connectivity index (χ1) is 10.9. The third kappa shape index (κ3) is 2.64. The van der Waals surface area contributed by atoms with Crippen molar-refractivity contribution in [3.63, 3.8) is 0 Å². The summed E-state index contributed by atoms with van der Waals surface area (Å²) in [6.45, 7) is 4.59. The molecule has 3 rings (SSSR count). The molecule has 0 heterocycles. The Morgan fingerprint density at radius 2 is 2.13 bits per heavy atom. The molecule has 0 saturated heterocycles. The van der Waals surface area contributed by atoms with Gasteiger partial charge in [0.05, 0.1) is 12.2 Å². The summed E-state index contributed by atoms with van der Waals surface area (Å²) >= 11 is 0. The molecule has 2 fully saturated rings. The van der Waals surface area contributed by atoms with Gasteiger partial charge in [-0.05, 0) is 49.5 Å². The van der Waals surface area contributed by atoms with E-state index in [-0.39, 0.29) is 35.6 Å². The van der Waals surface area contributed by atoms with Crippen molar-refractivity contribution < 1.29 is 19.2 Å². The normalized spacial score (nSPS) is 43.4. The highest BCUT2D eigenvalue weighted by Gasteiger charge is 2.64. The lowest BCUT2D eigenvalue weighted by Gasteiger charge is -2.40. The van der Waals surface area contributed by atoms with Gasteiger partial charge in [-0.25, -0.2) is 0 Å². The van der Waals surface area contributed by atoms with Gasteiger partial charge in [0.25, 0.3) is 0 Å². The molecule has 2 saturated carbocycles. The third-order valence-electron chi connectivity index (χ3n) is 7.15. The number of fused-ring (bicyclic) bond motifs is 2. The molecule has 3 aliphatic rings. The van der Waals surface area contributed by atoms with Crippen LogP contribution >= 0.6 is 0 Å². The molecule has 5 heteroatoms. The molecule has 3 aliphatic carbocycles. The molecule has 23 heavy (non-hydrogen) atoms. The summed E-state index contributed by atoms with van der Waals surface area (Å²) in [6, 6.07) is 0. The van der Waals surface area contributed by atoms with Gasteiger partial charge in [-0.2, -0.15) is 0 Å². The Labute approximate surface area is 141 Å². The fraction of sp³-hybridized carbons (Fsp3) is 0.889. The standard InChI is InChI=1S/C18H30O4S/c1-17(2)13-6-7-18(17,16(20)8-13)11-23(21)14-5-4-12(10-19)15(9-14)22-3/h9,12-13,15-16,19-20H,4-8,10-11H2,1-3H3/t12-,13+,15-,16+,18+,23-/m0/s1. The van der Waals surface area contributed by atoms with Crippen LogP contribution in [0.15, 0.2) is 11.0 Å². The lowest BCUT2D eigenvalue weighted by molar-refractivity contribution is 0.0161. The number of rotatable bonds is 5. The van der Waals surface area contributed by atoms with Gasteiger partial charge in [-0.15, -0.1) is 0 Å². The SMILES string of the molecule is CO[C@H]1C=C([S@@](=O)C[C@]23CC[C@H](C[C@H]2O)C3(C)C)CC[C@H]1CO. The van der Waals surface area contributed by atoms with E-state index in [1.54, 1.807) is 7.11 Å². The van der Waals surface area contributed by atoms with Crippen LogP contribution in [0.5, 0.6) is 0 Å². The zero-order valence-electron chi connectivity index (χ0n) is 14.5. The van der Waals surface area contributed by atoms with Crippen molar-refractivity contribution in [1.29, 1.82) is 0 Å². The predicted octanol–water partition coefficient (Wildman–Crippen LogP) is 2.22. The van der Waals surface area contributed by atoms with Gasteiger partial charge < -0.3 is 14.9 Å². The molecule has 132 valence electrons. The van der Waals surface area contributed by atoms with Gasteiger partial charge in [0.2, 0.25) is 0 Å². The van der Waals surface area contributed by atoms with E-state index >= 15 is 0 Å². The highest BCUT2D eigenvalue weighted by Crippen LogP contribution is 2.66. The molecule has 0 amide bonds. The Kier molecular flexibility index (Phi) is 4.78. The molecule has 0 aromatic rings. The van der Waals surface area contributed by atoms with Gasteiger partial charge >= 0.3 is 0 Å². The average molecular weight is 343 g/mol. The molecular weight excluding hydrogens is 312 g/mol. The number of aliphatic hydroxyl groups excluding tert-OH is 2. The Balaban J connectivity index is 1.78. The Bertz CT molecular complexity index is 515. The van der Waals surface area contributed by atoms with Crippen LogP contribution in [0.2, 0.25) is 0 Å². The molecule has 4 nitrogen and oxygen atoms in total. The minimum atomic E-state index is -1.08. The number of hydrogen-bond acceptors (Lipinski definition) is 4. The Hall–Kier alpha value is -0.230.